The Kier molecular flexibility index (Phi) is 5.17. The number of nitrogens with one attached hydrogen (secondary N) is 3. The smallest absolute Gasteiger partial charge is 0.353 e. The van der Waals surface area contributed by atoms with E-state index in [2.05, 4.69) is 20.6 Å². The molecule has 0 saturated heterocycles. The number of carbonyl (C=O) groups is 2. The van der Waals surface area contributed by atoms with Crippen molar-refractivity contribution in [1.29, 1.82) is 0 Å². The SMILES string of the molecule is CC(NC(=O)C(F)(F)F)(C(=O)NCCc1nn[nH]n1)C(F)(F)F. The normalized spacial score (nSPS) is 14.9. The standard InChI is InChI=1S/C9H10F6N6O2/c1-7(9(13,14)15,17-6(23)8(10,11)12)5(22)16-3-2-4-18-20-21-19-4/h2-3H2,1H3,(H,16,22)(H,17,23)(H,18,19,20,21). The van der Waals surface area contributed by atoms with E-state index in [1.54, 1.807) is 5.32 Å². The minimum Gasteiger partial charge on any atom is -0.353 e. The summed E-state index contributed by atoms with van der Waals surface area (Å²) in [5.74, 6) is -4.67. The molecule has 1 aromatic heterocycles. The van der Waals surface area contributed by atoms with Crippen LogP contribution in [0.5, 0.6) is 0 Å². The second kappa shape index (κ2) is 6.37. The van der Waals surface area contributed by atoms with E-state index >= 15 is 0 Å². The van der Waals surface area contributed by atoms with Crippen LogP contribution in [-0.4, -0.2) is 56.9 Å². The van der Waals surface area contributed by atoms with Gasteiger partial charge in [0.1, 0.15) is 0 Å². The molecule has 1 heterocycles. The summed E-state index contributed by atoms with van der Waals surface area (Å²) >= 11 is 0. The Hall–Kier alpha value is -2.41. The van der Waals surface area contributed by atoms with E-state index in [0.29, 0.717) is 5.32 Å². The van der Waals surface area contributed by atoms with Crippen molar-refractivity contribution in [1.82, 2.24) is 31.3 Å². The predicted octanol–water partition coefficient (Wildman–Crippen LogP) is -0.142. The number of alkyl halides is 6. The van der Waals surface area contributed by atoms with Crippen molar-refractivity contribution in [2.75, 3.05) is 6.54 Å². The van der Waals surface area contributed by atoms with Gasteiger partial charge in [-0.05, 0) is 6.92 Å². The van der Waals surface area contributed by atoms with Gasteiger partial charge >= 0.3 is 18.3 Å². The number of aromatic amines is 1. The van der Waals surface area contributed by atoms with Gasteiger partial charge in [-0.2, -0.15) is 31.6 Å². The molecule has 2 amide bonds. The maximum atomic E-state index is 12.9. The second-order valence-corrected chi connectivity index (χ2v) is 4.41. The van der Waals surface area contributed by atoms with Crippen molar-refractivity contribution in [3.8, 4) is 0 Å². The van der Waals surface area contributed by atoms with Crippen LogP contribution in [0.1, 0.15) is 12.7 Å². The fourth-order valence-corrected chi connectivity index (χ4v) is 1.31. The summed E-state index contributed by atoms with van der Waals surface area (Å²) in [7, 11) is 0. The molecule has 0 aliphatic carbocycles. The fourth-order valence-electron chi connectivity index (χ4n) is 1.31. The Balaban J connectivity index is 2.80. The number of rotatable bonds is 5. The lowest BCUT2D eigenvalue weighted by molar-refractivity contribution is -0.207. The summed E-state index contributed by atoms with van der Waals surface area (Å²) in [6.07, 6.45) is -11.1. The lowest BCUT2D eigenvalue weighted by atomic mass is 10.00. The van der Waals surface area contributed by atoms with Crippen molar-refractivity contribution >= 4 is 11.8 Å². The molecule has 130 valence electrons. The van der Waals surface area contributed by atoms with Crippen LogP contribution in [0.4, 0.5) is 26.3 Å². The minimum absolute atomic E-state index is 0.0679. The zero-order valence-corrected chi connectivity index (χ0v) is 11.3. The zero-order chi connectivity index (χ0) is 17.9. The maximum absolute atomic E-state index is 12.9. The average Bonchev–Trinajstić information content (AvgIpc) is 2.89. The molecule has 0 saturated carbocycles. The van der Waals surface area contributed by atoms with Gasteiger partial charge < -0.3 is 10.6 Å². The molecule has 0 aromatic carbocycles. The van der Waals surface area contributed by atoms with E-state index in [1.807, 2.05) is 0 Å². The largest absolute Gasteiger partial charge is 0.471 e. The molecule has 1 atom stereocenters. The van der Waals surface area contributed by atoms with Crippen LogP contribution in [-0.2, 0) is 16.0 Å². The topological polar surface area (TPSA) is 113 Å². The van der Waals surface area contributed by atoms with Crippen LogP contribution >= 0.6 is 0 Å². The number of nitrogens with zero attached hydrogens (tertiary/aromatic N) is 3. The van der Waals surface area contributed by atoms with Gasteiger partial charge in [0, 0.05) is 13.0 Å². The van der Waals surface area contributed by atoms with E-state index in [0.717, 1.165) is 0 Å². The molecule has 8 nitrogen and oxygen atoms in total. The number of tetrazole rings is 1. The summed E-state index contributed by atoms with van der Waals surface area (Å²) in [4.78, 5) is 22.4. The number of hydrogen-bond donors (Lipinski definition) is 3. The maximum Gasteiger partial charge on any atom is 0.471 e. The number of hydrogen-bond acceptors (Lipinski definition) is 5. The minimum atomic E-state index is -5.57. The van der Waals surface area contributed by atoms with Crippen LogP contribution in [0, 0.1) is 0 Å². The van der Waals surface area contributed by atoms with Gasteiger partial charge in [0.15, 0.2) is 5.82 Å². The van der Waals surface area contributed by atoms with Gasteiger partial charge in [0.2, 0.25) is 5.54 Å². The summed E-state index contributed by atoms with van der Waals surface area (Å²) in [6, 6.07) is 0. The first-order valence-electron chi connectivity index (χ1n) is 5.84. The van der Waals surface area contributed by atoms with Crippen LogP contribution < -0.4 is 10.6 Å². The first kappa shape index (κ1) is 18.6. The molecule has 14 heteroatoms. The van der Waals surface area contributed by atoms with E-state index in [1.165, 1.54) is 0 Å². The lowest BCUT2D eigenvalue weighted by Gasteiger charge is -2.31. The molecule has 1 rings (SSSR count). The van der Waals surface area contributed by atoms with Crippen LogP contribution in [0.25, 0.3) is 0 Å². The van der Waals surface area contributed by atoms with Crippen LogP contribution in [0.2, 0.25) is 0 Å². The van der Waals surface area contributed by atoms with Gasteiger partial charge in [-0.3, -0.25) is 9.59 Å². The van der Waals surface area contributed by atoms with E-state index in [-0.39, 0.29) is 19.2 Å². The molecule has 0 aliphatic rings. The summed E-state index contributed by atoms with van der Waals surface area (Å²) < 4.78 is 75.2. The molecular formula is C9H10F6N6O2. The molecule has 0 aliphatic heterocycles. The third-order valence-electron chi connectivity index (χ3n) is 2.67. The molecule has 0 fully saturated rings. The quantitative estimate of drug-likeness (QED) is 0.641. The van der Waals surface area contributed by atoms with Crippen molar-refractivity contribution in [2.45, 2.75) is 31.2 Å². The Labute approximate surface area is 124 Å². The molecule has 1 aromatic rings. The second-order valence-electron chi connectivity index (χ2n) is 4.41. The third kappa shape index (κ3) is 4.53. The summed E-state index contributed by atoms with van der Waals surface area (Å²) in [5, 5.41) is 14.6. The Bertz CT molecular complexity index is 556. The number of H-pyrrole nitrogens is 1. The molecule has 0 spiro atoms. The van der Waals surface area contributed by atoms with Crippen molar-refractivity contribution in [2.24, 2.45) is 0 Å². The Morgan fingerprint density at radius 2 is 1.74 bits per heavy atom. The molecule has 1 unspecified atom stereocenters. The Morgan fingerprint density at radius 3 is 2.17 bits per heavy atom. The van der Waals surface area contributed by atoms with Gasteiger partial charge in [-0.25, -0.2) is 0 Å². The van der Waals surface area contributed by atoms with Gasteiger partial charge in [-0.1, -0.05) is 5.21 Å². The number of aromatic nitrogens is 4. The molecule has 0 bridgehead atoms. The molecular weight excluding hydrogens is 338 g/mol. The Morgan fingerprint density at radius 1 is 1.13 bits per heavy atom. The lowest BCUT2D eigenvalue weighted by Crippen LogP contribution is -2.67. The zero-order valence-electron chi connectivity index (χ0n) is 11.3. The first-order valence-corrected chi connectivity index (χ1v) is 5.84. The number of amides is 2. The molecule has 23 heavy (non-hydrogen) atoms. The fraction of sp³-hybridized carbons (Fsp3) is 0.667. The van der Waals surface area contributed by atoms with E-state index in [9.17, 15) is 35.9 Å². The highest BCUT2D eigenvalue weighted by molar-refractivity contribution is 5.93. The highest BCUT2D eigenvalue weighted by Gasteiger charge is 2.60. The number of halogens is 6. The molecule has 3 N–H and O–H groups in total. The number of carbonyl (C=O) groups excluding carboxylic acids is 2. The highest BCUT2D eigenvalue weighted by Crippen LogP contribution is 2.31. The highest BCUT2D eigenvalue weighted by atomic mass is 19.4. The van der Waals surface area contributed by atoms with Gasteiger partial charge in [0.25, 0.3) is 5.91 Å². The monoisotopic (exact) mass is 348 g/mol. The van der Waals surface area contributed by atoms with E-state index < -0.39 is 36.3 Å². The van der Waals surface area contributed by atoms with Crippen molar-refractivity contribution in [3.05, 3.63) is 5.82 Å². The average molecular weight is 348 g/mol. The third-order valence-corrected chi connectivity index (χ3v) is 2.67. The molecule has 0 radical (unpaired) electrons. The first-order chi connectivity index (χ1) is 10.4. The van der Waals surface area contributed by atoms with E-state index in [4.69, 9.17) is 0 Å². The van der Waals surface area contributed by atoms with Crippen LogP contribution in [0.3, 0.4) is 0 Å². The van der Waals surface area contributed by atoms with Crippen molar-refractivity contribution < 1.29 is 35.9 Å². The predicted molar refractivity (Wildman–Crippen MR) is 59.5 cm³/mol. The van der Waals surface area contributed by atoms with Gasteiger partial charge in [-0.15, -0.1) is 10.2 Å². The summed E-state index contributed by atoms with van der Waals surface area (Å²) in [6.45, 7) is -0.285. The van der Waals surface area contributed by atoms with Crippen LogP contribution in [0.15, 0.2) is 0 Å². The van der Waals surface area contributed by atoms with Gasteiger partial charge in [0.05, 0.1) is 0 Å². The summed E-state index contributed by atoms with van der Waals surface area (Å²) in [5.41, 5.74) is -3.75. The van der Waals surface area contributed by atoms with Crippen molar-refractivity contribution in [3.63, 3.8) is 0 Å².